The molecular weight excluding hydrogens is 323 g/mol. The number of halogens is 5. The molecule has 0 N–H and O–H groups in total. The first kappa shape index (κ1) is 28.5. The van der Waals surface area contributed by atoms with E-state index in [4.69, 9.17) is 4.18 Å². The third-order valence-corrected chi connectivity index (χ3v) is 3.26. The van der Waals surface area contributed by atoms with Gasteiger partial charge in [0.2, 0.25) is 0 Å². The summed E-state index contributed by atoms with van der Waals surface area (Å²) < 4.78 is 5.60. The van der Waals surface area contributed by atoms with E-state index >= 15 is 0 Å². The van der Waals surface area contributed by atoms with Gasteiger partial charge in [-0.25, -0.2) is 0 Å². The Morgan fingerprint density at radius 1 is 0.727 bits per heavy atom. The van der Waals surface area contributed by atoms with Crippen molar-refractivity contribution in [1.82, 2.24) is 0 Å². The van der Waals surface area contributed by atoms with Crippen molar-refractivity contribution in [1.29, 1.82) is 0 Å². The lowest BCUT2D eigenvalue weighted by Crippen LogP contribution is -1.87. The van der Waals surface area contributed by atoms with Gasteiger partial charge in [-0.3, -0.25) is 23.5 Å². The molecule has 0 aromatic heterocycles. The van der Waals surface area contributed by atoms with E-state index in [0.29, 0.717) is 6.61 Å². The molecule has 0 radical (unpaired) electrons. The van der Waals surface area contributed by atoms with Crippen molar-refractivity contribution in [3.8, 4) is 0 Å². The van der Waals surface area contributed by atoms with Gasteiger partial charge in [0, 0.05) is 16.9 Å². The van der Waals surface area contributed by atoms with Crippen molar-refractivity contribution < 1.29 is 27.7 Å². The number of aryl methyl sites for hydroxylation is 1. The van der Waals surface area contributed by atoms with E-state index in [0.717, 1.165) is 11.3 Å². The molecule has 2 aromatic rings. The Morgan fingerprint density at radius 2 is 1.23 bits per heavy atom. The second-order valence-corrected chi connectivity index (χ2v) is 4.70. The largest absolute Gasteiger partial charge is 0.305 e. The highest BCUT2D eigenvalue weighted by molar-refractivity contribution is 7.94. The zero-order valence-corrected chi connectivity index (χ0v) is 12.8. The second kappa shape index (κ2) is 15.8. The average Bonchev–Trinajstić information content (AvgIpc) is 2.41. The van der Waals surface area contributed by atoms with Crippen LogP contribution >= 0.6 is 12.0 Å². The zero-order chi connectivity index (χ0) is 11.9. The van der Waals surface area contributed by atoms with Gasteiger partial charge in [0.05, 0.1) is 6.61 Å². The Balaban J connectivity index is -0.000000324. The van der Waals surface area contributed by atoms with Crippen LogP contribution in [0.1, 0.15) is 18.1 Å². The number of benzene rings is 2. The molecule has 0 fully saturated rings. The first-order valence-electron chi connectivity index (χ1n) is 5.81. The minimum atomic E-state index is 0. The topological polar surface area (TPSA) is 9.23 Å². The van der Waals surface area contributed by atoms with E-state index in [1.54, 1.807) is 0 Å². The summed E-state index contributed by atoms with van der Waals surface area (Å²) in [6.07, 6.45) is 1.08. The van der Waals surface area contributed by atoms with Gasteiger partial charge >= 0.3 is 0 Å². The van der Waals surface area contributed by atoms with Crippen molar-refractivity contribution in [3.05, 3.63) is 65.7 Å². The van der Waals surface area contributed by atoms with Crippen LogP contribution in [0.4, 0.5) is 23.5 Å². The quantitative estimate of drug-likeness (QED) is 0.542. The Bertz CT molecular complexity index is 453. The van der Waals surface area contributed by atoms with Gasteiger partial charge < -0.3 is 4.18 Å². The summed E-state index contributed by atoms with van der Waals surface area (Å²) in [6.45, 7) is 2.81. The maximum Gasteiger partial charge on any atom is 0.0869 e. The molecule has 0 saturated heterocycles. The molecule has 2 aromatic carbocycles. The van der Waals surface area contributed by atoms with Crippen LogP contribution in [-0.4, -0.2) is 0 Å². The van der Waals surface area contributed by atoms with E-state index in [-0.39, 0.29) is 23.5 Å². The maximum atomic E-state index is 5.60. The molecule has 0 atom stereocenters. The van der Waals surface area contributed by atoms with E-state index < -0.39 is 0 Å². The molecule has 0 amide bonds. The van der Waals surface area contributed by atoms with Crippen LogP contribution in [-0.2, 0) is 17.2 Å². The molecule has 128 valence electrons. The molecule has 0 spiro atoms. The third kappa shape index (κ3) is 9.36. The van der Waals surface area contributed by atoms with Gasteiger partial charge in [-0.2, -0.15) is 0 Å². The molecule has 1 nitrogen and oxygen atoms in total. The molecule has 7 heteroatoms. The average molecular weight is 344 g/mol. The number of hydrogen-bond acceptors (Lipinski definition) is 2. The fraction of sp³-hybridized carbons (Fsp3) is 0.200. The monoisotopic (exact) mass is 344 g/mol. The highest BCUT2D eigenvalue weighted by Crippen LogP contribution is 2.20. The summed E-state index contributed by atoms with van der Waals surface area (Å²) in [5.41, 5.74) is 2.58. The third-order valence-electron chi connectivity index (χ3n) is 2.56. The van der Waals surface area contributed by atoms with Crippen LogP contribution < -0.4 is 0 Å². The van der Waals surface area contributed by atoms with Gasteiger partial charge in [0.25, 0.3) is 0 Å². The smallest absolute Gasteiger partial charge is 0.0869 e. The van der Waals surface area contributed by atoms with Gasteiger partial charge in [0.1, 0.15) is 0 Å². The van der Waals surface area contributed by atoms with Crippen LogP contribution in [0.3, 0.4) is 0 Å². The molecule has 0 aliphatic heterocycles. The fourth-order valence-electron chi connectivity index (χ4n) is 1.51. The van der Waals surface area contributed by atoms with Gasteiger partial charge in [-0.1, -0.05) is 49.4 Å². The van der Waals surface area contributed by atoms with E-state index in [2.05, 4.69) is 31.2 Å². The summed E-state index contributed by atoms with van der Waals surface area (Å²) in [7, 11) is 0. The molecule has 0 unspecified atom stereocenters. The van der Waals surface area contributed by atoms with Crippen molar-refractivity contribution >= 4 is 12.0 Å². The Morgan fingerprint density at radius 3 is 1.73 bits per heavy atom. The predicted octanol–water partition coefficient (Wildman–Crippen LogP) is 5.24. The highest BCUT2D eigenvalue weighted by Gasteiger charge is 1.96. The summed E-state index contributed by atoms with van der Waals surface area (Å²) in [5.74, 6) is 0. The molecule has 0 heterocycles. The van der Waals surface area contributed by atoms with Gasteiger partial charge in [-0.15, -0.1) is 0 Å². The van der Waals surface area contributed by atoms with Gasteiger partial charge in [0.15, 0.2) is 0 Å². The van der Waals surface area contributed by atoms with Crippen LogP contribution in [0.25, 0.3) is 0 Å². The normalized spacial score (nSPS) is 8.05. The number of hydrogen-bond donors (Lipinski definition) is 0. The molecule has 22 heavy (non-hydrogen) atoms. The summed E-state index contributed by atoms with van der Waals surface area (Å²) >= 11 is 1.43. The summed E-state index contributed by atoms with van der Waals surface area (Å²) in [5, 5.41) is 0. The first-order chi connectivity index (χ1) is 8.38. The van der Waals surface area contributed by atoms with Crippen molar-refractivity contribution in [2.75, 3.05) is 0 Å². The molecule has 2 rings (SSSR count). The SMILES string of the molecule is CCc1ccc(COSc2ccccc2)cc1.F.F.F.F.F. The summed E-state index contributed by atoms with van der Waals surface area (Å²) in [4.78, 5) is 1.14. The van der Waals surface area contributed by atoms with Crippen molar-refractivity contribution in [2.24, 2.45) is 0 Å². The highest BCUT2D eigenvalue weighted by atomic mass is 32.2. The van der Waals surface area contributed by atoms with Crippen LogP contribution in [0.5, 0.6) is 0 Å². The predicted molar refractivity (Wildman–Crippen MR) is 85.4 cm³/mol. The lowest BCUT2D eigenvalue weighted by atomic mass is 10.1. The van der Waals surface area contributed by atoms with Crippen LogP contribution in [0, 0.1) is 0 Å². The molecule has 0 aliphatic carbocycles. The van der Waals surface area contributed by atoms with E-state index in [1.165, 1.54) is 23.2 Å². The Hall–Kier alpha value is -1.60. The molecule has 0 bridgehead atoms. The maximum absolute atomic E-state index is 5.60. The van der Waals surface area contributed by atoms with Gasteiger partial charge in [-0.05, 0) is 29.7 Å². The van der Waals surface area contributed by atoms with Crippen LogP contribution in [0.15, 0.2) is 59.5 Å². The fourth-order valence-corrected chi connectivity index (χ4v) is 2.11. The lowest BCUT2D eigenvalue weighted by Gasteiger charge is -2.04. The molecule has 0 saturated carbocycles. The second-order valence-electron chi connectivity index (χ2n) is 3.83. The Kier molecular flexibility index (Phi) is 20.5. The Labute approximate surface area is 131 Å². The van der Waals surface area contributed by atoms with E-state index in [9.17, 15) is 0 Å². The van der Waals surface area contributed by atoms with Crippen molar-refractivity contribution in [2.45, 2.75) is 24.8 Å². The van der Waals surface area contributed by atoms with Crippen LogP contribution in [0.2, 0.25) is 0 Å². The minimum Gasteiger partial charge on any atom is -0.305 e. The minimum absolute atomic E-state index is 0. The van der Waals surface area contributed by atoms with Crippen molar-refractivity contribution in [3.63, 3.8) is 0 Å². The molecular formula is C15H21F5OS. The lowest BCUT2D eigenvalue weighted by molar-refractivity contribution is 0.364. The number of rotatable bonds is 5. The zero-order valence-electron chi connectivity index (χ0n) is 12.0. The summed E-state index contributed by atoms with van der Waals surface area (Å²) in [6, 6.07) is 18.7. The molecule has 0 aliphatic rings. The first-order valence-corrected chi connectivity index (χ1v) is 6.55. The standard InChI is InChI=1S/C15H16OS.5FH/c1-2-13-8-10-14(11-9-13)12-16-17-15-6-4-3-5-7-15;;;;;/h3-11H,2,12H2,1H3;5*1H. The van der Waals surface area contributed by atoms with E-state index in [1.807, 2.05) is 30.3 Å².